The van der Waals surface area contributed by atoms with E-state index in [2.05, 4.69) is 5.32 Å². The fraction of sp³-hybridized carbons (Fsp3) is 0.571. The molecule has 0 spiro atoms. The Hall–Kier alpha value is -1.46. The molecule has 0 aromatic heterocycles. The Balaban J connectivity index is 1.76. The van der Waals surface area contributed by atoms with E-state index in [0.29, 0.717) is 6.61 Å². The predicted molar refractivity (Wildman–Crippen MR) is 75.7 cm³/mol. The number of nitrogens with one attached hydrogen (secondary N) is 1. The van der Waals surface area contributed by atoms with Crippen LogP contribution in [0.15, 0.2) is 18.2 Å². The van der Waals surface area contributed by atoms with Crippen molar-refractivity contribution in [2.24, 2.45) is 0 Å². The van der Waals surface area contributed by atoms with Gasteiger partial charge in [-0.1, -0.05) is 0 Å². The van der Waals surface area contributed by atoms with Crippen LogP contribution in [-0.4, -0.2) is 39.6 Å². The number of benzene rings is 1. The Morgan fingerprint density at radius 3 is 3.05 bits per heavy atom. The van der Waals surface area contributed by atoms with E-state index in [-0.39, 0.29) is 6.10 Å². The number of anilines is 2. The summed E-state index contributed by atoms with van der Waals surface area (Å²) in [5, 5.41) is 3.31. The van der Waals surface area contributed by atoms with Crippen LogP contribution in [0.1, 0.15) is 12.8 Å². The summed E-state index contributed by atoms with van der Waals surface area (Å²) in [5.74, 6) is 0.833. The smallest absolute Gasteiger partial charge is 0.142 e. The first-order valence-corrected chi connectivity index (χ1v) is 6.66. The molecule has 19 heavy (non-hydrogen) atoms. The molecule has 1 aliphatic heterocycles. The van der Waals surface area contributed by atoms with Gasteiger partial charge in [-0.15, -0.1) is 0 Å². The maximum Gasteiger partial charge on any atom is 0.142 e. The second-order valence-corrected chi connectivity index (χ2v) is 4.64. The molecule has 0 amide bonds. The Morgan fingerprint density at radius 1 is 1.37 bits per heavy atom. The van der Waals surface area contributed by atoms with Crippen molar-refractivity contribution in [1.29, 1.82) is 0 Å². The zero-order valence-corrected chi connectivity index (χ0v) is 11.4. The van der Waals surface area contributed by atoms with Gasteiger partial charge in [-0.2, -0.15) is 0 Å². The van der Waals surface area contributed by atoms with Gasteiger partial charge in [0.2, 0.25) is 0 Å². The van der Waals surface area contributed by atoms with Crippen LogP contribution < -0.4 is 15.8 Å². The average molecular weight is 266 g/mol. The highest BCUT2D eigenvalue weighted by Crippen LogP contribution is 2.28. The van der Waals surface area contributed by atoms with Crippen LogP contribution in [0.3, 0.4) is 0 Å². The first-order chi connectivity index (χ1) is 9.29. The van der Waals surface area contributed by atoms with Crippen molar-refractivity contribution in [3.8, 4) is 5.75 Å². The van der Waals surface area contributed by atoms with Crippen LogP contribution in [0, 0.1) is 0 Å². The minimum absolute atomic E-state index is 0.0659. The van der Waals surface area contributed by atoms with Crippen LogP contribution in [0.5, 0.6) is 5.75 Å². The molecule has 1 unspecified atom stereocenters. The lowest BCUT2D eigenvalue weighted by Gasteiger charge is -2.15. The van der Waals surface area contributed by atoms with E-state index in [1.54, 1.807) is 7.11 Å². The number of hydrogen-bond acceptors (Lipinski definition) is 5. The van der Waals surface area contributed by atoms with Gasteiger partial charge in [0, 0.05) is 32.6 Å². The van der Waals surface area contributed by atoms with E-state index in [1.165, 1.54) is 0 Å². The van der Waals surface area contributed by atoms with Gasteiger partial charge >= 0.3 is 0 Å². The van der Waals surface area contributed by atoms with Gasteiger partial charge in [-0.3, -0.25) is 0 Å². The molecule has 1 atom stereocenters. The van der Waals surface area contributed by atoms with Gasteiger partial charge < -0.3 is 25.3 Å². The largest absolute Gasteiger partial charge is 0.489 e. The van der Waals surface area contributed by atoms with Gasteiger partial charge in [0.05, 0.1) is 5.69 Å². The molecule has 5 nitrogen and oxygen atoms in total. The second kappa shape index (κ2) is 7.21. The van der Waals surface area contributed by atoms with Gasteiger partial charge in [-0.25, -0.2) is 0 Å². The van der Waals surface area contributed by atoms with Crippen molar-refractivity contribution < 1.29 is 14.2 Å². The number of methoxy groups -OCH3 is 1. The topological polar surface area (TPSA) is 65.7 Å². The predicted octanol–water partition coefficient (Wildman–Crippen LogP) is 1.88. The van der Waals surface area contributed by atoms with Crippen LogP contribution in [0.2, 0.25) is 0 Å². The SMILES string of the molecule is COCCCCOC1CNc2cc(N)ccc2OC1. The molecule has 0 aliphatic carbocycles. The molecule has 1 aliphatic rings. The zero-order chi connectivity index (χ0) is 13.5. The van der Waals surface area contributed by atoms with E-state index in [4.69, 9.17) is 19.9 Å². The van der Waals surface area contributed by atoms with E-state index < -0.39 is 0 Å². The Kier molecular flexibility index (Phi) is 5.30. The summed E-state index contributed by atoms with van der Waals surface area (Å²) < 4.78 is 16.5. The number of nitrogens with two attached hydrogens (primary N) is 1. The Bertz CT molecular complexity index is 398. The lowest BCUT2D eigenvalue weighted by molar-refractivity contribution is 0.0271. The number of unbranched alkanes of at least 4 members (excludes halogenated alkanes) is 1. The standard InChI is InChI=1S/C14H22N2O3/c1-17-6-2-3-7-18-12-9-16-13-8-11(15)4-5-14(13)19-10-12/h4-5,8,12,16H,2-3,6-7,9-10,15H2,1H3. The van der Waals surface area contributed by atoms with Gasteiger partial charge in [0.25, 0.3) is 0 Å². The van der Waals surface area contributed by atoms with Crippen molar-refractivity contribution in [2.45, 2.75) is 18.9 Å². The molecule has 0 bridgehead atoms. The van der Waals surface area contributed by atoms with Crippen molar-refractivity contribution in [3.63, 3.8) is 0 Å². The number of ether oxygens (including phenoxy) is 3. The van der Waals surface area contributed by atoms with Crippen LogP contribution >= 0.6 is 0 Å². The molecule has 5 heteroatoms. The number of rotatable bonds is 6. The summed E-state index contributed by atoms with van der Waals surface area (Å²) in [6.45, 7) is 2.82. The van der Waals surface area contributed by atoms with Crippen LogP contribution in [0.25, 0.3) is 0 Å². The zero-order valence-electron chi connectivity index (χ0n) is 11.4. The van der Waals surface area contributed by atoms with Gasteiger partial charge in [0.15, 0.2) is 0 Å². The first-order valence-electron chi connectivity index (χ1n) is 6.66. The highest BCUT2D eigenvalue weighted by Gasteiger charge is 2.16. The summed E-state index contributed by atoms with van der Waals surface area (Å²) >= 11 is 0. The molecule has 1 aromatic rings. The lowest BCUT2D eigenvalue weighted by Crippen LogP contribution is -2.27. The van der Waals surface area contributed by atoms with E-state index >= 15 is 0 Å². The van der Waals surface area contributed by atoms with Crippen molar-refractivity contribution in [3.05, 3.63) is 18.2 Å². The molecule has 1 heterocycles. The molecule has 106 valence electrons. The summed E-state index contributed by atoms with van der Waals surface area (Å²) in [7, 11) is 1.72. The van der Waals surface area contributed by atoms with E-state index in [1.807, 2.05) is 18.2 Å². The molecule has 0 saturated heterocycles. The quantitative estimate of drug-likeness (QED) is 0.608. The lowest BCUT2D eigenvalue weighted by atomic mass is 10.2. The normalized spacial score (nSPS) is 18.1. The van der Waals surface area contributed by atoms with Crippen molar-refractivity contribution in [2.75, 3.05) is 44.5 Å². The molecule has 3 N–H and O–H groups in total. The monoisotopic (exact) mass is 266 g/mol. The molecular weight excluding hydrogens is 244 g/mol. The van der Waals surface area contributed by atoms with Crippen molar-refractivity contribution in [1.82, 2.24) is 0 Å². The van der Waals surface area contributed by atoms with Gasteiger partial charge in [0.1, 0.15) is 18.5 Å². The third-order valence-electron chi connectivity index (χ3n) is 3.04. The summed E-state index contributed by atoms with van der Waals surface area (Å²) in [6, 6.07) is 5.61. The minimum atomic E-state index is 0.0659. The Morgan fingerprint density at radius 2 is 2.21 bits per heavy atom. The molecule has 0 fully saturated rings. The highest BCUT2D eigenvalue weighted by molar-refractivity contribution is 5.63. The maximum absolute atomic E-state index is 5.80. The van der Waals surface area contributed by atoms with Gasteiger partial charge in [-0.05, 0) is 31.0 Å². The third kappa shape index (κ3) is 4.29. The Labute approximate surface area is 114 Å². The first kappa shape index (κ1) is 14.0. The second-order valence-electron chi connectivity index (χ2n) is 4.64. The number of fused-ring (bicyclic) bond motifs is 1. The molecule has 0 radical (unpaired) electrons. The molecule has 0 saturated carbocycles. The van der Waals surface area contributed by atoms with E-state index in [9.17, 15) is 0 Å². The number of nitrogen functional groups attached to an aromatic ring is 1. The fourth-order valence-electron chi connectivity index (χ4n) is 1.98. The summed E-state index contributed by atoms with van der Waals surface area (Å²) in [4.78, 5) is 0. The maximum atomic E-state index is 5.80. The minimum Gasteiger partial charge on any atom is -0.489 e. The van der Waals surface area contributed by atoms with Crippen LogP contribution in [-0.2, 0) is 9.47 Å². The molecule has 2 rings (SSSR count). The number of hydrogen-bond donors (Lipinski definition) is 2. The average Bonchev–Trinajstić information content (AvgIpc) is 2.61. The highest BCUT2D eigenvalue weighted by atomic mass is 16.5. The van der Waals surface area contributed by atoms with Crippen LogP contribution in [0.4, 0.5) is 11.4 Å². The summed E-state index contributed by atoms with van der Waals surface area (Å²) in [6.07, 6.45) is 2.09. The third-order valence-corrected chi connectivity index (χ3v) is 3.04. The fourth-order valence-corrected chi connectivity index (χ4v) is 1.98. The summed E-state index contributed by atoms with van der Waals surface area (Å²) in [5.41, 5.74) is 7.42. The van der Waals surface area contributed by atoms with E-state index in [0.717, 1.165) is 49.7 Å². The molecular formula is C14H22N2O3. The van der Waals surface area contributed by atoms with Crippen molar-refractivity contribution >= 4 is 11.4 Å². The molecule has 1 aromatic carbocycles.